The minimum atomic E-state index is -0.507. The fourth-order valence-corrected chi connectivity index (χ4v) is 4.88. The molecule has 1 aliphatic carbocycles. The van der Waals surface area contributed by atoms with Gasteiger partial charge in [-0.1, -0.05) is 31.0 Å². The highest BCUT2D eigenvalue weighted by Gasteiger charge is 2.31. The van der Waals surface area contributed by atoms with E-state index in [-0.39, 0.29) is 41.5 Å². The number of hydrogen-bond donors (Lipinski definition) is 3. The maximum absolute atomic E-state index is 14.1. The van der Waals surface area contributed by atoms with Gasteiger partial charge in [0.1, 0.15) is 0 Å². The number of rotatable bonds is 9. The van der Waals surface area contributed by atoms with Crippen LogP contribution in [0, 0.1) is 11.7 Å². The van der Waals surface area contributed by atoms with Gasteiger partial charge in [-0.2, -0.15) is 15.0 Å². The molecule has 1 aliphatic heterocycles. The number of methoxy groups -OCH3 is 1. The molecule has 3 N–H and O–H groups in total. The van der Waals surface area contributed by atoms with Crippen LogP contribution < -0.4 is 20.7 Å². The van der Waals surface area contributed by atoms with E-state index in [4.69, 9.17) is 4.74 Å². The molecule has 1 aromatic carbocycles. The second-order valence-corrected chi connectivity index (χ2v) is 9.43. The number of nitrogens with zero attached hydrogens (tertiary/aromatic N) is 3. The van der Waals surface area contributed by atoms with Crippen LogP contribution in [-0.4, -0.2) is 51.3 Å². The van der Waals surface area contributed by atoms with Gasteiger partial charge < -0.3 is 20.7 Å². The number of halogens is 1. The van der Waals surface area contributed by atoms with Crippen LogP contribution in [0.3, 0.4) is 0 Å². The third-order valence-electron chi connectivity index (χ3n) is 5.71. The molecular formula is C22H27FN6O3S. The quantitative estimate of drug-likeness (QED) is 0.464. The number of carbonyl (C=O) groups is 2. The summed E-state index contributed by atoms with van der Waals surface area (Å²) in [5, 5.41) is 8.75. The smallest absolute Gasteiger partial charge is 0.233 e. The maximum Gasteiger partial charge on any atom is 0.233 e. The Bertz CT molecular complexity index is 1020. The van der Waals surface area contributed by atoms with Crippen LogP contribution in [0.15, 0.2) is 18.2 Å². The SMILES string of the molecule is COc1ccc(Nc2nc(NCC3CCCCC3)nc(NCC3SC(=O)CC3=O)n2)cc1F. The summed E-state index contributed by atoms with van der Waals surface area (Å²) in [4.78, 5) is 36.7. The van der Waals surface area contributed by atoms with Crippen LogP contribution in [0.2, 0.25) is 0 Å². The lowest BCUT2D eigenvalue weighted by atomic mass is 9.89. The average Bonchev–Trinajstić information content (AvgIpc) is 3.14. The van der Waals surface area contributed by atoms with E-state index >= 15 is 0 Å². The van der Waals surface area contributed by atoms with E-state index in [1.807, 2.05) is 0 Å². The Morgan fingerprint density at radius 2 is 1.73 bits per heavy atom. The molecule has 1 unspecified atom stereocenters. The molecule has 1 saturated carbocycles. The van der Waals surface area contributed by atoms with Crippen LogP contribution in [-0.2, 0) is 9.59 Å². The van der Waals surface area contributed by atoms with E-state index in [0.717, 1.165) is 18.3 Å². The van der Waals surface area contributed by atoms with Crippen molar-refractivity contribution in [3.63, 3.8) is 0 Å². The summed E-state index contributed by atoms with van der Waals surface area (Å²) < 4.78 is 19.1. The van der Waals surface area contributed by atoms with Crippen LogP contribution in [0.1, 0.15) is 38.5 Å². The van der Waals surface area contributed by atoms with E-state index in [2.05, 4.69) is 30.9 Å². The standard InChI is InChI=1S/C22H27FN6O3S/c1-32-17-8-7-14(9-15(17)23)26-22-28-20(24-11-13-5-3-2-4-6-13)27-21(29-22)25-12-18-16(30)10-19(31)33-18/h7-9,13,18H,2-6,10-12H2,1H3,(H3,24,25,26,27,28,29). The lowest BCUT2D eigenvalue weighted by Crippen LogP contribution is -2.23. The zero-order valence-corrected chi connectivity index (χ0v) is 19.2. The topological polar surface area (TPSA) is 118 Å². The molecule has 4 rings (SSSR count). The number of hydrogen-bond acceptors (Lipinski definition) is 10. The Hall–Kier alpha value is -2.95. The van der Waals surface area contributed by atoms with Gasteiger partial charge in [0, 0.05) is 24.8 Å². The van der Waals surface area contributed by atoms with Crippen molar-refractivity contribution in [2.24, 2.45) is 5.92 Å². The van der Waals surface area contributed by atoms with Crippen molar-refractivity contribution in [1.82, 2.24) is 15.0 Å². The van der Waals surface area contributed by atoms with Gasteiger partial charge in [0.25, 0.3) is 0 Å². The summed E-state index contributed by atoms with van der Waals surface area (Å²) >= 11 is 1.03. The van der Waals surface area contributed by atoms with E-state index in [0.29, 0.717) is 17.6 Å². The number of ketones is 1. The van der Waals surface area contributed by atoms with Crippen molar-refractivity contribution in [3.05, 3.63) is 24.0 Å². The number of aromatic nitrogens is 3. The molecule has 1 saturated heterocycles. The molecule has 33 heavy (non-hydrogen) atoms. The number of carbonyl (C=O) groups excluding carboxylic acids is 2. The highest BCUT2D eigenvalue weighted by atomic mass is 32.2. The molecular weight excluding hydrogens is 447 g/mol. The zero-order chi connectivity index (χ0) is 23.2. The molecule has 2 heterocycles. The summed E-state index contributed by atoms with van der Waals surface area (Å²) in [6.45, 7) is 0.990. The molecule has 9 nitrogen and oxygen atoms in total. The largest absolute Gasteiger partial charge is 0.494 e. The Morgan fingerprint density at radius 3 is 2.36 bits per heavy atom. The van der Waals surface area contributed by atoms with Crippen molar-refractivity contribution in [2.45, 2.75) is 43.8 Å². The Labute approximate surface area is 195 Å². The number of thioether (sulfide) groups is 1. The minimum absolute atomic E-state index is 0.0434. The number of benzene rings is 1. The van der Waals surface area contributed by atoms with Gasteiger partial charge in [0.2, 0.25) is 17.8 Å². The summed E-state index contributed by atoms with van der Waals surface area (Å²) in [6, 6.07) is 4.47. The molecule has 2 fully saturated rings. The molecule has 11 heteroatoms. The average molecular weight is 475 g/mol. The molecule has 2 aromatic rings. The van der Waals surface area contributed by atoms with Gasteiger partial charge in [0.05, 0.1) is 18.8 Å². The van der Waals surface area contributed by atoms with Crippen LogP contribution in [0.5, 0.6) is 5.75 Å². The van der Waals surface area contributed by atoms with Gasteiger partial charge in [-0.3, -0.25) is 9.59 Å². The summed E-state index contributed by atoms with van der Waals surface area (Å²) in [5.74, 6) is 0.974. The van der Waals surface area contributed by atoms with Gasteiger partial charge >= 0.3 is 0 Å². The summed E-state index contributed by atoms with van der Waals surface area (Å²) in [6.07, 6.45) is 6.06. The van der Waals surface area contributed by atoms with Gasteiger partial charge in [-0.15, -0.1) is 0 Å². The van der Waals surface area contributed by atoms with E-state index in [1.54, 1.807) is 6.07 Å². The lowest BCUT2D eigenvalue weighted by Gasteiger charge is -2.22. The number of ether oxygens (including phenoxy) is 1. The first-order valence-electron chi connectivity index (χ1n) is 11.1. The summed E-state index contributed by atoms with van der Waals surface area (Å²) in [5.41, 5.74) is 0.454. The third-order valence-corrected chi connectivity index (χ3v) is 6.84. The van der Waals surface area contributed by atoms with E-state index < -0.39 is 11.1 Å². The Morgan fingerprint density at radius 1 is 1.03 bits per heavy atom. The van der Waals surface area contributed by atoms with Crippen molar-refractivity contribution in [3.8, 4) is 5.75 Å². The first-order valence-corrected chi connectivity index (χ1v) is 11.9. The molecule has 0 spiro atoms. The lowest BCUT2D eigenvalue weighted by molar-refractivity contribution is -0.121. The Kier molecular flexibility index (Phi) is 7.58. The molecule has 176 valence electrons. The van der Waals surface area contributed by atoms with Crippen molar-refractivity contribution < 1.29 is 18.7 Å². The van der Waals surface area contributed by atoms with Gasteiger partial charge in [-0.05, 0) is 30.9 Å². The van der Waals surface area contributed by atoms with Crippen molar-refractivity contribution >= 4 is 46.2 Å². The Balaban J connectivity index is 1.49. The second kappa shape index (κ2) is 10.8. The van der Waals surface area contributed by atoms with Crippen LogP contribution in [0.25, 0.3) is 0 Å². The molecule has 2 aliphatic rings. The second-order valence-electron chi connectivity index (χ2n) is 8.17. The van der Waals surface area contributed by atoms with Crippen LogP contribution >= 0.6 is 11.8 Å². The highest BCUT2D eigenvalue weighted by molar-refractivity contribution is 8.15. The zero-order valence-electron chi connectivity index (χ0n) is 18.4. The first-order chi connectivity index (χ1) is 16.0. The molecule has 1 aromatic heterocycles. The predicted octanol–water partition coefficient (Wildman–Crippen LogP) is 3.77. The van der Waals surface area contributed by atoms with E-state index in [1.165, 1.54) is 51.3 Å². The monoisotopic (exact) mass is 474 g/mol. The number of Topliss-reactive ketones (excluding diaryl/α,β-unsaturated/α-hetero) is 1. The first kappa shape index (κ1) is 23.2. The van der Waals surface area contributed by atoms with Gasteiger partial charge in [-0.25, -0.2) is 4.39 Å². The number of anilines is 4. The fraction of sp³-hybridized carbons (Fsp3) is 0.500. The minimum Gasteiger partial charge on any atom is -0.494 e. The van der Waals surface area contributed by atoms with Gasteiger partial charge in [0.15, 0.2) is 22.5 Å². The van der Waals surface area contributed by atoms with Crippen LogP contribution in [0.4, 0.5) is 27.9 Å². The predicted molar refractivity (Wildman–Crippen MR) is 126 cm³/mol. The number of nitrogens with one attached hydrogen (secondary N) is 3. The highest BCUT2D eigenvalue weighted by Crippen LogP contribution is 2.27. The molecule has 0 radical (unpaired) electrons. The summed E-state index contributed by atoms with van der Waals surface area (Å²) in [7, 11) is 1.40. The normalized spacial score (nSPS) is 18.9. The van der Waals surface area contributed by atoms with Crippen molar-refractivity contribution in [2.75, 3.05) is 36.1 Å². The fourth-order valence-electron chi connectivity index (χ4n) is 3.95. The maximum atomic E-state index is 14.1. The third kappa shape index (κ3) is 6.31. The molecule has 0 bridgehead atoms. The van der Waals surface area contributed by atoms with Crippen molar-refractivity contribution in [1.29, 1.82) is 0 Å². The molecule has 0 amide bonds. The van der Waals surface area contributed by atoms with E-state index in [9.17, 15) is 14.0 Å². The molecule has 1 atom stereocenters.